The Morgan fingerprint density at radius 1 is 1.03 bits per heavy atom. The van der Waals surface area contributed by atoms with Crippen LogP contribution in [0.4, 0.5) is 11.5 Å². The number of anilines is 2. The molecule has 33 heavy (non-hydrogen) atoms. The zero-order chi connectivity index (χ0) is 23.0. The van der Waals surface area contributed by atoms with Gasteiger partial charge in [-0.25, -0.2) is 9.97 Å². The molecule has 1 saturated heterocycles. The lowest BCUT2D eigenvalue weighted by molar-refractivity contribution is 0.582. The van der Waals surface area contributed by atoms with E-state index in [1.54, 1.807) is 18.5 Å². The van der Waals surface area contributed by atoms with Crippen molar-refractivity contribution in [2.45, 2.75) is 25.7 Å². The number of pyridine rings is 1. The highest BCUT2D eigenvalue weighted by Crippen LogP contribution is 2.30. The minimum Gasteiger partial charge on any atom is -0.414 e. The molecule has 5 rings (SSSR count). The number of hydrogen-bond acceptors (Lipinski definition) is 9. The summed E-state index contributed by atoms with van der Waals surface area (Å²) in [6.07, 6.45) is 4.45. The molecule has 0 unspecified atom stereocenters. The van der Waals surface area contributed by atoms with Crippen LogP contribution in [0.1, 0.15) is 26.0 Å². The number of nitrogens with zero attached hydrogens (tertiary/aromatic N) is 7. The summed E-state index contributed by atoms with van der Waals surface area (Å²) < 4.78 is 5.89. The minimum atomic E-state index is -0.730. The largest absolute Gasteiger partial charge is 0.414 e. The van der Waals surface area contributed by atoms with Gasteiger partial charge in [0.1, 0.15) is 0 Å². The van der Waals surface area contributed by atoms with Crippen molar-refractivity contribution in [1.29, 1.82) is 5.26 Å². The number of hydrogen-bond donors (Lipinski definition) is 1. The molecule has 1 aliphatic rings. The third kappa shape index (κ3) is 3.87. The summed E-state index contributed by atoms with van der Waals surface area (Å²) in [6, 6.07) is 13.9. The quantitative estimate of drug-likeness (QED) is 0.493. The highest BCUT2D eigenvalue weighted by Gasteiger charge is 2.23. The van der Waals surface area contributed by atoms with Crippen LogP contribution in [0.5, 0.6) is 0 Å². The lowest BCUT2D eigenvalue weighted by atomic mass is 9.90. The van der Waals surface area contributed by atoms with Crippen LogP contribution in [-0.2, 0) is 5.41 Å². The summed E-state index contributed by atoms with van der Waals surface area (Å²) in [7, 11) is 0. The molecule has 9 nitrogen and oxygen atoms in total. The highest BCUT2D eigenvalue weighted by atomic mass is 16.4. The molecule has 164 valence electrons. The zero-order valence-corrected chi connectivity index (χ0v) is 18.4. The Bertz CT molecular complexity index is 1350. The summed E-state index contributed by atoms with van der Waals surface area (Å²) in [5, 5.41) is 17.7. The van der Waals surface area contributed by atoms with E-state index in [4.69, 9.17) is 10.2 Å². The van der Waals surface area contributed by atoms with Gasteiger partial charge < -0.3 is 15.1 Å². The second-order valence-corrected chi connectivity index (χ2v) is 8.46. The maximum absolute atomic E-state index is 9.43. The van der Waals surface area contributed by atoms with E-state index in [0.29, 0.717) is 23.0 Å². The number of aromatic nitrogens is 5. The van der Waals surface area contributed by atoms with Gasteiger partial charge in [0.15, 0.2) is 11.5 Å². The molecule has 0 atom stereocenters. The van der Waals surface area contributed by atoms with E-state index < -0.39 is 5.41 Å². The van der Waals surface area contributed by atoms with Gasteiger partial charge in [0.25, 0.3) is 5.89 Å². The van der Waals surface area contributed by atoms with E-state index in [2.05, 4.69) is 48.3 Å². The third-order valence-electron chi connectivity index (χ3n) is 5.74. The van der Waals surface area contributed by atoms with Gasteiger partial charge in [-0.2, -0.15) is 5.26 Å². The van der Waals surface area contributed by atoms with Crippen LogP contribution in [0.2, 0.25) is 0 Å². The summed E-state index contributed by atoms with van der Waals surface area (Å²) in [5.74, 6) is 0.762. The molecule has 9 heteroatoms. The minimum absolute atomic E-state index is 0.189. The van der Waals surface area contributed by atoms with Gasteiger partial charge in [-0.1, -0.05) is 0 Å². The summed E-state index contributed by atoms with van der Waals surface area (Å²) in [6.45, 7) is 5.81. The van der Waals surface area contributed by atoms with Gasteiger partial charge in [0.2, 0.25) is 5.89 Å². The van der Waals surface area contributed by atoms with E-state index in [-0.39, 0.29) is 11.7 Å². The normalized spacial score (nSPS) is 13.4. The third-order valence-corrected chi connectivity index (χ3v) is 5.74. The van der Waals surface area contributed by atoms with Crippen LogP contribution in [-0.4, -0.2) is 38.2 Å². The Morgan fingerprint density at radius 3 is 2.48 bits per heavy atom. The van der Waals surface area contributed by atoms with Crippen molar-refractivity contribution >= 4 is 11.5 Å². The molecule has 0 amide bonds. The lowest BCUT2D eigenvalue weighted by Gasteiger charge is -2.33. The van der Waals surface area contributed by atoms with Crippen LogP contribution in [0.3, 0.4) is 0 Å². The SMILES string of the molecule is CC(C)(C#N)c1cc(-c2cnc(N)c(-c3nnc(-c4ccc(N5CCC5)cc4)o3)n2)ccn1. The second kappa shape index (κ2) is 7.98. The smallest absolute Gasteiger partial charge is 0.270 e. The Kier molecular flexibility index (Phi) is 4.98. The number of nitrogens with two attached hydrogens (primary N) is 1. The molecule has 4 aromatic rings. The first-order valence-electron chi connectivity index (χ1n) is 10.6. The molecule has 0 saturated carbocycles. The average molecular weight is 438 g/mol. The Labute approximate surface area is 191 Å². The van der Waals surface area contributed by atoms with Crippen molar-refractivity contribution in [2.75, 3.05) is 23.7 Å². The van der Waals surface area contributed by atoms with Crippen molar-refractivity contribution in [3.8, 4) is 40.4 Å². The fraction of sp³-hybridized carbons (Fsp3) is 0.250. The lowest BCUT2D eigenvalue weighted by Crippen LogP contribution is -2.36. The molecular formula is C24H22N8O. The van der Waals surface area contributed by atoms with Crippen molar-refractivity contribution in [2.24, 2.45) is 0 Å². The molecule has 0 spiro atoms. The first kappa shape index (κ1) is 20.6. The van der Waals surface area contributed by atoms with Crippen LogP contribution in [0.15, 0.2) is 53.2 Å². The summed E-state index contributed by atoms with van der Waals surface area (Å²) in [5.41, 5.74) is 9.63. The van der Waals surface area contributed by atoms with Gasteiger partial charge in [-0.05, 0) is 56.7 Å². The Balaban J connectivity index is 1.45. The predicted octanol–water partition coefficient (Wildman–Crippen LogP) is 3.85. The molecule has 2 N–H and O–H groups in total. The summed E-state index contributed by atoms with van der Waals surface area (Å²) >= 11 is 0. The topological polar surface area (TPSA) is 131 Å². The summed E-state index contributed by atoms with van der Waals surface area (Å²) in [4.78, 5) is 15.5. The number of nitriles is 1. The molecule has 4 heterocycles. The molecule has 0 aliphatic carbocycles. The molecular weight excluding hydrogens is 416 g/mol. The van der Waals surface area contributed by atoms with Gasteiger partial charge in [0, 0.05) is 36.1 Å². The van der Waals surface area contributed by atoms with Crippen LogP contribution < -0.4 is 10.6 Å². The molecule has 1 aromatic carbocycles. The van der Waals surface area contributed by atoms with E-state index >= 15 is 0 Å². The molecule has 1 aliphatic heterocycles. The van der Waals surface area contributed by atoms with Crippen molar-refractivity contribution in [1.82, 2.24) is 25.1 Å². The van der Waals surface area contributed by atoms with Gasteiger partial charge in [-0.3, -0.25) is 4.98 Å². The maximum atomic E-state index is 9.43. The Hall–Kier alpha value is -4.32. The predicted molar refractivity (Wildman–Crippen MR) is 124 cm³/mol. The van der Waals surface area contributed by atoms with E-state index in [0.717, 1.165) is 24.2 Å². The van der Waals surface area contributed by atoms with Crippen LogP contribution in [0.25, 0.3) is 34.3 Å². The highest BCUT2D eigenvalue weighted by molar-refractivity contribution is 5.69. The monoisotopic (exact) mass is 438 g/mol. The molecule has 0 bridgehead atoms. The Morgan fingerprint density at radius 2 is 1.79 bits per heavy atom. The van der Waals surface area contributed by atoms with E-state index in [9.17, 15) is 5.26 Å². The molecule has 0 radical (unpaired) electrons. The fourth-order valence-corrected chi connectivity index (χ4v) is 3.51. The zero-order valence-electron chi connectivity index (χ0n) is 18.4. The van der Waals surface area contributed by atoms with Crippen LogP contribution >= 0.6 is 0 Å². The second-order valence-electron chi connectivity index (χ2n) is 8.46. The van der Waals surface area contributed by atoms with E-state index in [1.807, 2.05) is 32.0 Å². The molecule has 3 aromatic heterocycles. The molecule has 1 fully saturated rings. The number of rotatable bonds is 5. The first-order valence-corrected chi connectivity index (χ1v) is 10.6. The van der Waals surface area contributed by atoms with E-state index in [1.165, 1.54) is 12.1 Å². The van der Waals surface area contributed by atoms with Crippen LogP contribution in [0, 0.1) is 11.3 Å². The van der Waals surface area contributed by atoms with Crippen molar-refractivity contribution in [3.05, 3.63) is 54.5 Å². The van der Waals surface area contributed by atoms with Gasteiger partial charge >= 0.3 is 0 Å². The standard InChI is InChI=1S/C24H22N8O/c1-24(2,14-25)19-12-16(8-9-27-19)18-13-28-21(26)20(29-18)23-31-30-22(33-23)15-4-6-17(7-5-15)32-10-3-11-32/h4-9,12-13H,3,10-11H2,1-2H3,(H2,26,28). The fourth-order valence-electron chi connectivity index (χ4n) is 3.51. The van der Waals surface area contributed by atoms with Crippen molar-refractivity contribution in [3.63, 3.8) is 0 Å². The first-order chi connectivity index (χ1) is 15.9. The maximum Gasteiger partial charge on any atom is 0.270 e. The van der Waals surface area contributed by atoms with Gasteiger partial charge in [-0.15, -0.1) is 10.2 Å². The van der Waals surface area contributed by atoms with Gasteiger partial charge in [0.05, 0.1) is 29.1 Å². The van der Waals surface area contributed by atoms with Crippen molar-refractivity contribution < 1.29 is 4.42 Å². The number of benzene rings is 1. The number of nitrogen functional groups attached to an aromatic ring is 1. The average Bonchev–Trinajstić information content (AvgIpc) is 3.29.